The van der Waals surface area contributed by atoms with Crippen molar-refractivity contribution in [1.82, 2.24) is 0 Å². The van der Waals surface area contributed by atoms with Gasteiger partial charge in [0, 0.05) is 12.8 Å². The summed E-state index contributed by atoms with van der Waals surface area (Å²) in [5, 5.41) is 0. The van der Waals surface area contributed by atoms with Crippen molar-refractivity contribution in [2.24, 2.45) is 17.8 Å². The maximum Gasteiger partial charge on any atom is 0.309 e. The largest absolute Gasteiger partial charge is 0.469 e. The van der Waals surface area contributed by atoms with E-state index in [0.717, 1.165) is 0 Å². The molecule has 1 fully saturated rings. The molecule has 0 aromatic carbocycles. The number of ether oxygens (including phenoxy) is 1. The highest BCUT2D eigenvalue weighted by Crippen LogP contribution is 2.57. The quantitative estimate of drug-likeness (QED) is 0.588. The second-order valence-corrected chi connectivity index (χ2v) is 3.59. The van der Waals surface area contributed by atoms with Crippen LogP contribution in [0.1, 0.15) is 12.8 Å². The topological polar surface area (TPSA) is 26.3 Å². The minimum atomic E-state index is -0.687. The minimum Gasteiger partial charge on any atom is -0.469 e. The number of hydrogen-bond acceptors (Lipinski definition) is 2. The molecule has 2 aliphatic carbocycles. The summed E-state index contributed by atoms with van der Waals surface area (Å²) in [6, 6.07) is 0. The summed E-state index contributed by atoms with van der Waals surface area (Å²) in [5.41, 5.74) is 0. The van der Waals surface area contributed by atoms with Gasteiger partial charge in [0.2, 0.25) is 0 Å². The summed E-state index contributed by atoms with van der Waals surface area (Å²) in [7, 11) is 1.30. The van der Waals surface area contributed by atoms with Crippen LogP contribution in [-0.4, -0.2) is 13.1 Å². The molecule has 0 bridgehead atoms. The molecule has 0 spiro atoms. The zero-order chi connectivity index (χ0) is 9.59. The molecule has 1 saturated carbocycles. The van der Waals surface area contributed by atoms with Crippen LogP contribution in [0.25, 0.3) is 0 Å². The number of rotatable bonds is 1. The van der Waals surface area contributed by atoms with Gasteiger partial charge in [0.15, 0.2) is 0 Å². The average molecular weight is 188 g/mol. The highest BCUT2D eigenvalue weighted by atomic mass is 19.2. The normalized spacial score (nSPS) is 37.0. The van der Waals surface area contributed by atoms with Crippen molar-refractivity contribution < 1.29 is 18.3 Å². The third-order valence-electron chi connectivity index (χ3n) is 2.93. The van der Waals surface area contributed by atoms with E-state index in [1.165, 1.54) is 7.11 Å². The lowest BCUT2D eigenvalue weighted by molar-refractivity contribution is -0.142. The van der Waals surface area contributed by atoms with Crippen LogP contribution in [0, 0.1) is 17.8 Å². The summed E-state index contributed by atoms with van der Waals surface area (Å²) >= 11 is 0. The van der Waals surface area contributed by atoms with Crippen LogP contribution in [0.5, 0.6) is 0 Å². The Labute approximate surface area is 74.6 Å². The van der Waals surface area contributed by atoms with Crippen molar-refractivity contribution in [3.8, 4) is 0 Å². The van der Waals surface area contributed by atoms with Gasteiger partial charge < -0.3 is 4.74 Å². The molecule has 72 valence electrons. The number of carbonyl (C=O) groups is 1. The van der Waals surface area contributed by atoms with Gasteiger partial charge >= 0.3 is 5.97 Å². The molecule has 13 heavy (non-hydrogen) atoms. The lowest BCUT2D eigenvalue weighted by Gasteiger charge is -2.04. The zero-order valence-electron chi connectivity index (χ0n) is 7.22. The standard InChI is InChI=1S/C9H10F2O2/c1-13-9(12)8-4-2-6(10)7(11)3-5(4)8/h4-5,8H,2-3H2,1H3. The van der Waals surface area contributed by atoms with Gasteiger partial charge in [-0.2, -0.15) is 0 Å². The molecule has 0 radical (unpaired) electrons. The number of carbonyl (C=O) groups excluding carboxylic acids is 1. The third-order valence-corrected chi connectivity index (χ3v) is 2.93. The van der Waals surface area contributed by atoms with E-state index in [1.807, 2.05) is 0 Å². The summed E-state index contributed by atoms with van der Waals surface area (Å²) in [6.45, 7) is 0. The van der Waals surface area contributed by atoms with E-state index in [9.17, 15) is 13.6 Å². The van der Waals surface area contributed by atoms with Gasteiger partial charge in [-0.1, -0.05) is 0 Å². The number of hydrogen-bond donors (Lipinski definition) is 0. The minimum absolute atomic E-state index is 0.0213. The van der Waals surface area contributed by atoms with E-state index in [-0.39, 0.29) is 36.6 Å². The van der Waals surface area contributed by atoms with Crippen LogP contribution in [0.2, 0.25) is 0 Å². The van der Waals surface area contributed by atoms with E-state index in [4.69, 9.17) is 0 Å². The monoisotopic (exact) mass is 188 g/mol. The molecule has 0 aromatic heterocycles. The third kappa shape index (κ3) is 1.24. The first-order valence-electron chi connectivity index (χ1n) is 4.26. The van der Waals surface area contributed by atoms with Crippen LogP contribution in [0.4, 0.5) is 8.78 Å². The summed E-state index contributed by atoms with van der Waals surface area (Å²) in [6.07, 6.45) is 0.131. The van der Waals surface area contributed by atoms with Crippen molar-refractivity contribution in [3.05, 3.63) is 11.7 Å². The van der Waals surface area contributed by atoms with Gasteiger partial charge in [0.05, 0.1) is 13.0 Å². The fourth-order valence-corrected chi connectivity index (χ4v) is 2.12. The number of methoxy groups -OCH3 is 1. The van der Waals surface area contributed by atoms with Crippen molar-refractivity contribution in [1.29, 1.82) is 0 Å². The predicted octanol–water partition coefficient (Wildman–Crippen LogP) is 1.97. The Bertz CT molecular complexity index is 265. The molecule has 0 aliphatic heterocycles. The van der Waals surface area contributed by atoms with Crippen LogP contribution in [0.3, 0.4) is 0 Å². The van der Waals surface area contributed by atoms with E-state index in [0.29, 0.717) is 0 Å². The van der Waals surface area contributed by atoms with Gasteiger partial charge in [-0.15, -0.1) is 0 Å². The summed E-state index contributed by atoms with van der Waals surface area (Å²) in [5.74, 6) is -2.03. The molecule has 0 saturated heterocycles. The Morgan fingerprint density at radius 1 is 1.31 bits per heavy atom. The van der Waals surface area contributed by atoms with Crippen LogP contribution >= 0.6 is 0 Å². The molecule has 2 rings (SSSR count). The summed E-state index contributed by atoms with van der Waals surface area (Å²) < 4.78 is 30.0. The first-order chi connectivity index (χ1) is 6.15. The first kappa shape index (κ1) is 8.66. The fraction of sp³-hybridized carbons (Fsp3) is 0.667. The summed E-state index contributed by atoms with van der Waals surface area (Å²) in [4.78, 5) is 11.1. The second kappa shape index (κ2) is 2.79. The molecule has 0 aromatic rings. The van der Waals surface area contributed by atoms with Gasteiger partial charge in [-0.05, 0) is 11.8 Å². The Balaban J connectivity index is 2.04. The highest BCUT2D eigenvalue weighted by molar-refractivity contribution is 5.76. The molecular formula is C9H10F2O2. The van der Waals surface area contributed by atoms with Crippen LogP contribution < -0.4 is 0 Å². The molecule has 0 amide bonds. The molecule has 4 heteroatoms. The van der Waals surface area contributed by atoms with E-state index in [2.05, 4.69) is 4.74 Å². The Morgan fingerprint density at radius 3 is 2.15 bits per heavy atom. The molecule has 2 aliphatic rings. The Hall–Kier alpha value is -0.930. The molecule has 0 N–H and O–H groups in total. The number of allylic oxidation sites excluding steroid dienone is 2. The van der Waals surface area contributed by atoms with E-state index >= 15 is 0 Å². The van der Waals surface area contributed by atoms with E-state index in [1.54, 1.807) is 0 Å². The maximum absolute atomic E-state index is 12.7. The number of fused-ring (bicyclic) bond motifs is 1. The number of esters is 1. The molecule has 2 atom stereocenters. The van der Waals surface area contributed by atoms with Gasteiger partial charge in [-0.3, -0.25) is 4.79 Å². The van der Waals surface area contributed by atoms with E-state index < -0.39 is 11.7 Å². The lowest BCUT2D eigenvalue weighted by Crippen LogP contribution is -2.04. The van der Waals surface area contributed by atoms with Gasteiger partial charge in [0.1, 0.15) is 11.7 Å². The van der Waals surface area contributed by atoms with Crippen molar-refractivity contribution in [2.75, 3.05) is 7.11 Å². The SMILES string of the molecule is COC(=O)C1C2CC(F)=C(F)CC21. The maximum atomic E-state index is 12.7. The molecule has 2 unspecified atom stereocenters. The first-order valence-corrected chi connectivity index (χ1v) is 4.26. The van der Waals surface area contributed by atoms with Crippen molar-refractivity contribution in [3.63, 3.8) is 0 Å². The zero-order valence-corrected chi connectivity index (χ0v) is 7.22. The van der Waals surface area contributed by atoms with Gasteiger partial charge in [-0.25, -0.2) is 8.78 Å². The van der Waals surface area contributed by atoms with Crippen LogP contribution in [-0.2, 0) is 9.53 Å². The number of halogens is 2. The molecule has 0 heterocycles. The second-order valence-electron chi connectivity index (χ2n) is 3.59. The van der Waals surface area contributed by atoms with Crippen molar-refractivity contribution >= 4 is 5.97 Å². The lowest BCUT2D eigenvalue weighted by atomic mass is 10.1. The average Bonchev–Trinajstić information content (AvgIpc) is 2.77. The molecule has 2 nitrogen and oxygen atoms in total. The Kier molecular flexibility index (Phi) is 1.86. The smallest absolute Gasteiger partial charge is 0.309 e. The van der Waals surface area contributed by atoms with Crippen molar-refractivity contribution in [2.45, 2.75) is 12.8 Å². The fourth-order valence-electron chi connectivity index (χ4n) is 2.12. The Morgan fingerprint density at radius 2 is 1.77 bits per heavy atom. The van der Waals surface area contributed by atoms with Gasteiger partial charge in [0.25, 0.3) is 0 Å². The van der Waals surface area contributed by atoms with Crippen LogP contribution in [0.15, 0.2) is 11.7 Å². The highest BCUT2D eigenvalue weighted by Gasteiger charge is 2.58. The predicted molar refractivity (Wildman–Crippen MR) is 41.0 cm³/mol. The molecular weight excluding hydrogens is 178 g/mol.